The highest BCUT2D eigenvalue weighted by atomic mass is 16.1. The van der Waals surface area contributed by atoms with E-state index in [4.69, 9.17) is 5.73 Å². The van der Waals surface area contributed by atoms with Crippen molar-refractivity contribution in [3.05, 3.63) is 23.9 Å². The molecule has 3 N–H and O–H groups in total. The third kappa shape index (κ3) is 2.17. The zero-order chi connectivity index (χ0) is 12.3. The molecule has 92 valence electrons. The van der Waals surface area contributed by atoms with Crippen molar-refractivity contribution in [3.8, 4) is 0 Å². The smallest absolute Gasteiger partial charge is 0.173 e. The summed E-state index contributed by atoms with van der Waals surface area (Å²) in [5, 5.41) is 3.31. The van der Waals surface area contributed by atoms with Gasteiger partial charge in [0.05, 0.1) is 5.56 Å². The largest absolute Gasteiger partial charge is 0.383 e. The maximum absolute atomic E-state index is 12.6. The minimum atomic E-state index is -0.296. The van der Waals surface area contributed by atoms with Crippen LogP contribution in [0, 0.1) is 5.41 Å². The first kappa shape index (κ1) is 12.0. The van der Waals surface area contributed by atoms with E-state index >= 15 is 0 Å². The molecule has 1 unspecified atom stereocenters. The van der Waals surface area contributed by atoms with Gasteiger partial charge in [-0.15, -0.1) is 0 Å². The monoisotopic (exact) mass is 233 g/mol. The molecular weight excluding hydrogens is 214 g/mol. The Kier molecular flexibility index (Phi) is 3.43. The summed E-state index contributed by atoms with van der Waals surface area (Å²) in [6, 6.07) is 3.54. The van der Waals surface area contributed by atoms with E-state index in [1.54, 1.807) is 18.3 Å². The summed E-state index contributed by atoms with van der Waals surface area (Å²) in [5.74, 6) is 0.480. The number of nitrogens with zero attached hydrogens (tertiary/aromatic N) is 1. The highest BCUT2D eigenvalue weighted by molar-refractivity contribution is 6.04. The van der Waals surface area contributed by atoms with Crippen molar-refractivity contribution < 1.29 is 4.79 Å². The molecule has 0 saturated carbocycles. The summed E-state index contributed by atoms with van der Waals surface area (Å²) >= 11 is 0. The first-order valence-corrected chi connectivity index (χ1v) is 6.15. The van der Waals surface area contributed by atoms with E-state index in [-0.39, 0.29) is 11.2 Å². The molecule has 1 fully saturated rings. The number of carbonyl (C=O) groups is 1. The van der Waals surface area contributed by atoms with Crippen molar-refractivity contribution in [3.63, 3.8) is 0 Å². The molecule has 1 aliphatic heterocycles. The highest BCUT2D eigenvalue weighted by Gasteiger charge is 2.38. The lowest BCUT2D eigenvalue weighted by molar-refractivity contribution is 0.0731. The highest BCUT2D eigenvalue weighted by Crippen LogP contribution is 2.34. The van der Waals surface area contributed by atoms with Crippen LogP contribution >= 0.6 is 0 Å². The molecule has 0 aliphatic carbocycles. The zero-order valence-electron chi connectivity index (χ0n) is 10.2. The van der Waals surface area contributed by atoms with Crippen LogP contribution in [-0.2, 0) is 0 Å². The van der Waals surface area contributed by atoms with Crippen LogP contribution in [-0.4, -0.2) is 23.9 Å². The van der Waals surface area contributed by atoms with Gasteiger partial charge in [0, 0.05) is 18.2 Å². The lowest BCUT2D eigenvalue weighted by Gasteiger charge is -2.35. The van der Waals surface area contributed by atoms with Gasteiger partial charge in [0.1, 0.15) is 5.82 Å². The first-order chi connectivity index (χ1) is 8.19. The van der Waals surface area contributed by atoms with Crippen molar-refractivity contribution in [1.29, 1.82) is 0 Å². The molecule has 2 rings (SSSR count). The second-order valence-corrected chi connectivity index (χ2v) is 4.68. The molecule has 1 aliphatic rings. The number of piperidine rings is 1. The molecule has 0 bridgehead atoms. The Balaban J connectivity index is 2.32. The van der Waals surface area contributed by atoms with Gasteiger partial charge in [-0.25, -0.2) is 4.98 Å². The number of hydrogen-bond acceptors (Lipinski definition) is 4. The Hall–Kier alpha value is -1.42. The van der Waals surface area contributed by atoms with E-state index in [0.29, 0.717) is 11.4 Å². The Morgan fingerprint density at radius 2 is 2.47 bits per heavy atom. The zero-order valence-corrected chi connectivity index (χ0v) is 10.2. The molecule has 1 aromatic heterocycles. The molecule has 1 aromatic rings. The van der Waals surface area contributed by atoms with Gasteiger partial charge in [-0.3, -0.25) is 4.79 Å². The predicted molar refractivity (Wildman–Crippen MR) is 67.8 cm³/mol. The van der Waals surface area contributed by atoms with Crippen molar-refractivity contribution in [2.75, 3.05) is 18.8 Å². The number of anilines is 1. The van der Waals surface area contributed by atoms with E-state index in [9.17, 15) is 4.79 Å². The quantitative estimate of drug-likeness (QED) is 0.779. The van der Waals surface area contributed by atoms with Crippen LogP contribution < -0.4 is 11.1 Å². The minimum absolute atomic E-state index is 0.137. The molecular formula is C13H19N3O. The molecule has 0 radical (unpaired) electrons. The lowest BCUT2D eigenvalue weighted by atomic mass is 9.73. The molecule has 0 amide bonds. The number of hydrogen-bond donors (Lipinski definition) is 2. The van der Waals surface area contributed by atoms with Crippen LogP contribution in [0.15, 0.2) is 18.3 Å². The van der Waals surface area contributed by atoms with Crippen LogP contribution in [0.4, 0.5) is 5.82 Å². The average Bonchev–Trinajstić information content (AvgIpc) is 2.39. The van der Waals surface area contributed by atoms with Crippen LogP contribution in [0.3, 0.4) is 0 Å². The fraction of sp³-hybridized carbons (Fsp3) is 0.538. The van der Waals surface area contributed by atoms with Gasteiger partial charge in [-0.05, 0) is 37.9 Å². The van der Waals surface area contributed by atoms with Crippen molar-refractivity contribution >= 4 is 11.6 Å². The van der Waals surface area contributed by atoms with E-state index in [1.165, 1.54) is 0 Å². The molecule has 0 spiro atoms. The summed E-state index contributed by atoms with van der Waals surface area (Å²) in [7, 11) is 0. The number of nitrogen functional groups attached to an aromatic ring is 1. The van der Waals surface area contributed by atoms with E-state index in [1.807, 2.05) is 0 Å². The molecule has 0 aromatic carbocycles. The number of rotatable bonds is 3. The Labute approximate surface area is 102 Å². The molecule has 1 saturated heterocycles. The fourth-order valence-corrected chi connectivity index (χ4v) is 2.52. The van der Waals surface area contributed by atoms with E-state index < -0.39 is 0 Å². The summed E-state index contributed by atoms with van der Waals surface area (Å²) in [6.07, 6.45) is 4.43. The first-order valence-electron chi connectivity index (χ1n) is 6.15. The van der Waals surface area contributed by atoms with Gasteiger partial charge in [0.15, 0.2) is 5.78 Å². The van der Waals surface area contributed by atoms with Gasteiger partial charge in [0.25, 0.3) is 0 Å². The summed E-state index contributed by atoms with van der Waals surface area (Å²) < 4.78 is 0. The number of aromatic nitrogens is 1. The number of carbonyl (C=O) groups excluding carboxylic acids is 1. The van der Waals surface area contributed by atoms with Crippen molar-refractivity contribution in [1.82, 2.24) is 10.3 Å². The second-order valence-electron chi connectivity index (χ2n) is 4.68. The van der Waals surface area contributed by atoms with Gasteiger partial charge in [-0.2, -0.15) is 0 Å². The van der Waals surface area contributed by atoms with Crippen molar-refractivity contribution in [2.24, 2.45) is 5.41 Å². The Morgan fingerprint density at radius 1 is 1.65 bits per heavy atom. The summed E-state index contributed by atoms with van der Waals surface area (Å²) in [4.78, 5) is 16.6. The van der Waals surface area contributed by atoms with Crippen LogP contribution in [0.1, 0.15) is 36.5 Å². The number of nitrogens with two attached hydrogens (primary N) is 1. The van der Waals surface area contributed by atoms with Gasteiger partial charge < -0.3 is 11.1 Å². The van der Waals surface area contributed by atoms with E-state index in [2.05, 4.69) is 17.2 Å². The average molecular weight is 233 g/mol. The molecule has 1 atom stereocenters. The van der Waals surface area contributed by atoms with Gasteiger partial charge >= 0.3 is 0 Å². The van der Waals surface area contributed by atoms with E-state index in [0.717, 1.165) is 32.4 Å². The number of pyridine rings is 1. The molecule has 4 nitrogen and oxygen atoms in total. The second kappa shape index (κ2) is 4.84. The number of nitrogens with one attached hydrogen (secondary N) is 1. The van der Waals surface area contributed by atoms with Crippen LogP contribution in [0.2, 0.25) is 0 Å². The lowest BCUT2D eigenvalue weighted by Crippen LogP contribution is -2.45. The van der Waals surface area contributed by atoms with Crippen LogP contribution in [0.25, 0.3) is 0 Å². The maximum Gasteiger partial charge on any atom is 0.173 e. The molecule has 17 heavy (non-hydrogen) atoms. The van der Waals surface area contributed by atoms with Gasteiger partial charge in [-0.1, -0.05) is 6.92 Å². The Bertz CT molecular complexity index is 411. The Morgan fingerprint density at radius 3 is 3.06 bits per heavy atom. The number of Topliss-reactive ketones (excluding diaryl/α,β-unsaturated/α-hetero) is 1. The summed E-state index contributed by atoms with van der Waals surface area (Å²) in [5.41, 5.74) is 6.06. The third-order valence-electron chi connectivity index (χ3n) is 3.71. The topological polar surface area (TPSA) is 68.0 Å². The van der Waals surface area contributed by atoms with Gasteiger partial charge in [0.2, 0.25) is 0 Å². The minimum Gasteiger partial charge on any atom is -0.383 e. The van der Waals surface area contributed by atoms with Crippen LogP contribution in [0.5, 0.6) is 0 Å². The maximum atomic E-state index is 12.6. The predicted octanol–water partition coefficient (Wildman–Crippen LogP) is 1.63. The fourth-order valence-electron chi connectivity index (χ4n) is 2.52. The number of ketones is 1. The standard InChI is InChI=1S/C13H19N3O/c1-2-13(6-4-7-15-9-13)11(17)10-5-3-8-16-12(10)14/h3,5,8,15H,2,4,6-7,9H2,1H3,(H2,14,16). The normalized spacial score (nSPS) is 24.5. The molecule has 2 heterocycles. The molecule has 4 heteroatoms. The SMILES string of the molecule is CCC1(C(=O)c2cccnc2N)CCCNC1. The third-order valence-corrected chi connectivity index (χ3v) is 3.71. The van der Waals surface area contributed by atoms with Crippen molar-refractivity contribution in [2.45, 2.75) is 26.2 Å². The summed E-state index contributed by atoms with van der Waals surface area (Å²) in [6.45, 7) is 3.81.